The molecule has 2 aromatic rings. The fourth-order valence-electron chi connectivity index (χ4n) is 2.89. The minimum atomic E-state index is -4.64. The van der Waals surface area contributed by atoms with Gasteiger partial charge >= 0.3 is 6.18 Å². The van der Waals surface area contributed by atoms with E-state index in [9.17, 15) is 22.8 Å². The number of carbonyl (C=O) groups is 2. The molecule has 150 valence electrons. The lowest BCUT2D eigenvalue weighted by Gasteiger charge is -2.14. The molecular weight excluding hydrogens is 393 g/mol. The zero-order valence-corrected chi connectivity index (χ0v) is 15.7. The predicted octanol–water partition coefficient (Wildman–Crippen LogP) is 4.18. The van der Waals surface area contributed by atoms with Gasteiger partial charge in [0.25, 0.3) is 11.8 Å². The Kier molecular flexibility index (Phi) is 6.35. The molecule has 0 radical (unpaired) electrons. The van der Waals surface area contributed by atoms with E-state index in [1.165, 1.54) is 17.4 Å². The van der Waals surface area contributed by atoms with E-state index in [4.69, 9.17) is 4.74 Å². The van der Waals surface area contributed by atoms with Crippen molar-refractivity contribution in [2.75, 3.05) is 25.1 Å². The van der Waals surface area contributed by atoms with Crippen molar-refractivity contribution in [1.82, 2.24) is 5.32 Å². The van der Waals surface area contributed by atoms with Gasteiger partial charge in [-0.2, -0.15) is 24.5 Å². The van der Waals surface area contributed by atoms with Gasteiger partial charge in [-0.15, -0.1) is 0 Å². The molecule has 1 aliphatic heterocycles. The summed E-state index contributed by atoms with van der Waals surface area (Å²) in [7, 11) is 0. The summed E-state index contributed by atoms with van der Waals surface area (Å²) in [5.74, 6) is -0.800. The molecule has 5 nitrogen and oxygen atoms in total. The van der Waals surface area contributed by atoms with Gasteiger partial charge in [0.1, 0.15) is 0 Å². The van der Waals surface area contributed by atoms with Crippen molar-refractivity contribution < 1.29 is 27.5 Å². The number of amides is 2. The number of rotatable bonds is 6. The van der Waals surface area contributed by atoms with Crippen LogP contribution in [0.4, 0.5) is 18.9 Å². The number of anilines is 1. The van der Waals surface area contributed by atoms with Crippen molar-refractivity contribution in [2.45, 2.75) is 19.0 Å². The minimum Gasteiger partial charge on any atom is -0.381 e. The van der Waals surface area contributed by atoms with Crippen LogP contribution in [0.1, 0.15) is 39.1 Å². The topological polar surface area (TPSA) is 67.4 Å². The van der Waals surface area contributed by atoms with E-state index >= 15 is 0 Å². The lowest BCUT2D eigenvalue weighted by Crippen LogP contribution is -2.26. The highest BCUT2D eigenvalue weighted by Gasteiger charge is 2.32. The number of hydrogen-bond donors (Lipinski definition) is 2. The molecule has 2 amide bonds. The van der Waals surface area contributed by atoms with Crippen LogP contribution in [0.25, 0.3) is 0 Å². The Morgan fingerprint density at radius 3 is 2.64 bits per heavy atom. The predicted molar refractivity (Wildman–Crippen MR) is 99.6 cm³/mol. The SMILES string of the molecule is O=C(NCCC1CCOC1)c1cc(NC(=O)c2ccsc2)cc(C(F)(F)F)c1. The number of alkyl halides is 3. The third kappa shape index (κ3) is 5.32. The molecule has 28 heavy (non-hydrogen) atoms. The van der Waals surface area contributed by atoms with Gasteiger partial charge in [0.05, 0.1) is 11.1 Å². The van der Waals surface area contributed by atoms with Gasteiger partial charge in [-0.1, -0.05) is 0 Å². The van der Waals surface area contributed by atoms with E-state index in [0.29, 0.717) is 37.7 Å². The van der Waals surface area contributed by atoms with Crippen LogP contribution in [-0.4, -0.2) is 31.6 Å². The van der Waals surface area contributed by atoms with Crippen LogP contribution in [0.2, 0.25) is 0 Å². The molecule has 1 unspecified atom stereocenters. The molecule has 2 heterocycles. The summed E-state index contributed by atoms with van der Waals surface area (Å²) in [6, 6.07) is 4.41. The largest absolute Gasteiger partial charge is 0.416 e. The van der Waals surface area contributed by atoms with E-state index in [1.807, 2.05) is 0 Å². The maximum Gasteiger partial charge on any atom is 0.416 e. The monoisotopic (exact) mass is 412 g/mol. The highest BCUT2D eigenvalue weighted by Crippen LogP contribution is 2.32. The van der Waals surface area contributed by atoms with Crippen LogP contribution in [-0.2, 0) is 10.9 Å². The summed E-state index contributed by atoms with van der Waals surface area (Å²) in [6.45, 7) is 1.68. The zero-order chi connectivity index (χ0) is 20.1. The van der Waals surface area contributed by atoms with Crippen molar-refractivity contribution in [3.8, 4) is 0 Å². The summed E-state index contributed by atoms with van der Waals surface area (Å²) in [5.41, 5.74) is -0.893. The summed E-state index contributed by atoms with van der Waals surface area (Å²) in [6.07, 6.45) is -3.02. The molecule has 1 fully saturated rings. The molecule has 0 bridgehead atoms. The van der Waals surface area contributed by atoms with Crippen molar-refractivity contribution in [3.05, 3.63) is 51.7 Å². The minimum absolute atomic E-state index is 0.0830. The Bertz CT molecular complexity index is 831. The van der Waals surface area contributed by atoms with Gasteiger partial charge in [-0.3, -0.25) is 9.59 Å². The van der Waals surface area contributed by atoms with Gasteiger partial charge in [0.15, 0.2) is 0 Å². The number of halogens is 3. The van der Waals surface area contributed by atoms with Crippen LogP contribution >= 0.6 is 11.3 Å². The van der Waals surface area contributed by atoms with E-state index in [-0.39, 0.29) is 11.3 Å². The standard InChI is InChI=1S/C19H19F3N2O3S/c20-19(21,22)15-7-14(17(25)23-4-1-12-2-5-27-10-12)8-16(9-15)24-18(26)13-3-6-28-11-13/h3,6-9,11-12H,1-2,4-5,10H2,(H,23,25)(H,24,26). The quantitative estimate of drug-likeness (QED) is 0.748. The number of ether oxygens (including phenoxy) is 1. The Labute approximate surface area is 163 Å². The molecule has 0 spiro atoms. The van der Waals surface area contributed by atoms with Crippen molar-refractivity contribution in [3.63, 3.8) is 0 Å². The van der Waals surface area contributed by atoms with Crippen LogP contribution in [0, 0.1) is 5.92 Å². The fourth-order valence-corrected chi connectivity index (χ4v) is 3.53. The molecule has 1 aliphatic rings. The highest BCUT2D eigenvalue weighted by molar-refractivity contribution is 7.08. The van der Waals surface area contributed by atoms with E-state index in [0.717, 1.165) is 18.6 Å². The Balaban J connectivity index is 1.73. The van der Waals surface area contributed by atoms with Crippen molar-refractivity contribution in [1.29, 1.82) is 0 Å². The van der Waals surface area contributed by atoms with Crippen LogP contribution < -0.4 is 10.6 Å². The first-order valence-electron chi connectivity index (χ1n) is 8.74. The molecular formula is C19H19F3N2O3S. The van der Waals surface area contributed by atoms with Gasteiger partial charge in [0.2, 0.25) is 0 Å². The molecule has 1 aromatic carbocycles. The van der Waals surface area contributed by atoms with Crippen LogP contribution in [0.5, 0.6) is 0 Å². The molecule has 1 atom stereocenters. The van der Waals surface area contributed by atoms with Crippen LogP contribution in [0.15, 0.2) is 35.0 Å². The second-order valence-corrected chi connectivity index (χ2v) is 7.32. The molecule has 1 saturated heterocycles. The average molecular weight is 412 g/mol. The summed E-state index contributed by atoms with van der Waals surface area (Å²) in [5, 5.41) is 8.34. The molecule has 0 aliphatic carbocycles. The molecule has 1 aromatic heterocycles. The molecule has 3 rings (SSSR count). The summed E-state index contributed by atoms with van der Waals surface area (Å²) < 4.78 is 44.9. The maximum atomic E-state index is 13.2. The second-order valence-electron chi connectivity index (χ2n) is 6.54. The smallest absolute Gasteiger partial charge is 0.381 e. The van der Waals surface area contributed by atoms with Gasteiger partial charge < -0.3 is 15.4 Å². The normalized spacial score (nSPS) is 16.8. The van der Waals surface area contributed by atoms with Crippen molar-refractivity contribution in [2.24, 2.45) is 5.92 Å². The first-order chi connectivity index (χ1) is 13.3. The summed E-state index contributed by atoms with van der Waals surface area (Å²) >= 11 is 1.30. The van der Waals surface area contributed by atoms with Crippen molar-refractivity contribution >= 4 is 28.8 Å². The van der Waals surface area contributed by atoms with E-state index in [2.05, 4.69) is 10.6 Å². The highest BCUT2D eigenvalue weighted by atomic mass is 32.1. The second kappa shape index (κ2) is 8.74. The first-order valence-corrected chi connectivity index (χ1v) is 9.69. The number of thiophene rings is 1. The third-order valence-corrected chi connectivity index (χ3v) is 5.11. The average Bonchev–Trinajstić information content (AvgIpc) is 3.34. The Hall–Kier alpha value is -2.39. The third-order valence-electron chi connectivity index (χ3n) is 4.43. The number of nitrogens with one attached hydrogen (secondary N) is 2. The lowest BCUT2D eigenvalue weighted by molar-refractivity contribution is -0.137. The van der Waals surface area contributed by atoms with E-state index in [1.54, 1.807) is 16.8 Å². The molecule has 9 heteroatoms. The maximum absolute atomic E-state index is 13.2. The van der Waals surface area contributed by atoms with Gasteiger partial charge in [-0.25, -0.2) is 0 Å². The number of carbonyl (C=O) groups excluding carboxylic acids is 2. The Morgan fingerprint density at radius 2 is 2.00 bits per heavy atom. The van der Waals surface area contributed by atoms with E-state index < -0.39 is 23.6 Å². The fraction of sp³-hybridized carbons (Fsp3) is 0.368. The zero-order valence-electron chi connectivity index (χ0n) is 14.8. The van der Waals surface area contributed by atoms with Crippen LogP contribution in [0.3, 0.4) is 0 Å². The molecule has 2 N–H and O–H groups in total. The lowest BCUT2D eigenvalue weighted by atomic mass is 10.0. The van der Waals surface area contributed by atoms with Gasteiger partial charge in [0, 0.05) is 36.4 Å². The summed E-state index contributed by atoms with van der Waals surface area (Å²) in [4.78, 5) is 24.5. The number of benzene rings is 1. The van der Waals surface area contributed by atoms with Gasteiger partial charge in [-0.05, 0) is 48.4 Å². The first kappa shape index (κ1) is 20.3. The molecule has 0 saturated carbocycles. The number of hydrogen-bond acceptors (Lipinski definition) is 4. The Morgan fingerprint density at radius 1 is 1.18 bits per heavy atom.